The van der Waals surface area contributed by atoms with Crippen molar-refractivity contribution in [2.45, 2.75) is 26.2 Å². The van der Waals surface area contributed by atoms with Crippen LogP contribution in [-0.2, 0) is 6.42 Å². The highest BCUT2D eigenvalue weighted by Gasteiger charge is 2.27. The van der Waals surface area contributed by atoms with E-state index in [1.54, 1.807) is 6.33 Å². The van der Waals surface area contributed by atoms with Crippen LogP contribution in [0.4, 0.5) is 5.82 Å². The molecule has 0 N–H and O–H groups in total. The Morgan fingerprint density at radius 3 is 2.80 bits per heavy atom. The van der Waals surface area contributed by atoms with E-state index in [2.05, 4.69) is 52.2 Å². The number of anilines is 1. The van der Waals surface area contributed by atoms with E-state index in [-0.39, 0.29) is 12.4 Å². The highest BCUT2D eigenvalue weighted by molar-refractivity contribution is 5.85. The third-order valence-corrected chi connectivity index (χ3v) is 4.08. The molecule has 3 rings (SSSR count). The van der Waals surface area contributed by atoms with Gasteiger partial charge in [-0.1, -0.05) is 37.6 Å². The fraction of sp³-hybridized carbons (Fsp3) is 0.500. The van der Waals surface area contributed by atoms with E-state index in [4.69, 9.17) is 0 Å². The molecule has 0 spiro atoms. The van der Waals surface area contributed by atoms with Crippen molar-refractivity contribution in [2.75, 3.05) is 18.0 Å². The largest absolute Gasteiger partial charge is 0.356 e. The van der Waals surface area contributed by atoms with Gasteiger partial charge < -0.3 is 4.90 Å². The number of allylic oxidation sites excluding steroid dienone is 3. The van der Waals surface area contributed by atoms with Gasteiger partial charge in [0, 0.05) is 30.8 Å². The smallest absolute Gasteiger partial charge is 0.132 e. The summed E-state index contributed by atoms with van der Waals surface area (Å²) in [6.07, 6.45) is 14.2. The molecule has 0 amide bonds. The van der Waals surface area contributed by atoms with Gasteiger partial charge in [-0.3, -0.25) is 0 Å². The van der Waals surface area contributed by atoms with Crippen LogP contribution in [0, 0.1) is 11.8 Å². The summed E-state index contributed by atoms with van der Waals surface area (Å²) in [5.41, 5.74) is 1.16. The van der Waals surface area contributed by atoms with Crippen molar-refractivity contribution in [1.29, 1.82) is 0 Å². The minimum absolute atomic E-state index is 0. The molecule has 2 aliphatic rings. The fourth-order valence-electron chi connectivity index (χ4n) is 3.02. The second-order valence-corrected chi connectivity index (χ2v) is 5.45. The summed E-state index contributed by atoms with van der Waals surface area (Å²) in [4.78, 5) is 11.2. The van der Waals surface area contributed by atoms with Crippen molar-refractivity contribution in [1.82, 2.24) is 9.97 Å². The van der Waals surface area contributed by atoms with Crippen LogP contribution in [0.3, 0.4) is 0 Å². The van der Waals surface area contributed by atoms with E-state index in [9.17, 15) is 0 Å². The van der Waals surface area contributed by atoms with Crippen LogP contribution in [0.2, 0.25) is 0 Å². The van der Waals surface area contributed by atoms with Gasteiger partial charge in [-0.15, -0.1) is 12.4 Å². The summed E-state index contributed by atoms with van der Waals surface area (Å²) in [7, 11) is 0. The Bertz CT molecular complexity index is 498. The molecule has 1 fully saturated rings. The van der Waals surface area contributed by atoms with Crippen LogP contribution >= 0.6 is 12.4 Å². The second-order valence-electron chi connectivity index (χ2n) is 5.45. The van der Waals surface area contributed by atoms with Gasteiger partial charge in [0.1, 0.15) is 12.1 Å². The van der Waals surface area contributed by atoms with Crippen LogP contribution in [0.5, 0.6) is 0 Å². The first-order valence-electron chi connectivity index (χ1n) is 7.27. The molecule has 2 heterocycles. The summed E-state index contributed by atoms with van der Waals surface area (Å²) in [5, 5.41) is 0. The van der Waals surface area contributed by atoms with E-state index >= 15 is 0 Å². The van der Waals surface area contributed by atoms with Crippen LogP contribution in [0.1, 0.15) is 25.5 Å². The topological polar surface area (TPSA) is 29.0 Å². The van der Waals surface area contributed by atoms with E-state index in [1.165, 1.54) is 6.42 Å². The highest BCUT2D eigenvalue weighted by Crippen LogP contribution is 2.30. The summed E-state index contributed by atoms with van der Waals surface area (Å²) in [5.74, 6) is 2.46. The second kappa shape index (κ2) is 6.89. The summed E-state index contributed by atoms with van der Waals surface area (Å²) in [6.45, 7) is 4.36. The third-order valence-electron chi connectivity index (χ3n) is 4.08. The normalized spacial score (nSPS) is 24.1. The highest BCUT2D eigenvalue weighted by atomic mass is 35.5. The van der Waals surface area contributed by atoms with Crippen molar-refractivity contribution in [3.05, 3.63) is 42.4 Å². The molecule has 2 atom stereocenters. The molecular weight excluding hydrogens is 270 g/mol. The first kappa shape index (κ1) is 15.0. The van der Waals surface area contributed by atoms with Gasteiger partial charge in [0.05, 0.1) is 0 Å². The first-order chi connectivity index (χ1) is 9.36. The van der Waals surface area contributed by atoms with Gasteiger partial charge in [-0.05, 0) is 18.8 Å². The lowest BCUT2D eigenvalue weighted by Crippen LogP contribution is -2.40. The molecule has 1 aliphatic carbocycles. The Kier molecular flexibility index (Phi) is 5.18. The summed E-state index contributed by atoms with van der Waals surface area (Å²) in [6, 6.07) is 2.16. The van der Waals surface area contributed by atoms with Crippen LogP contribution < -0.4 is 4.90 Å². The molecule has 1 aromatic rings. The maximum absolute atomic E-state index is 4.46. The van der Waals surface area contributed by atoms with Crippen LogP contribution in [0.15, 0.2) is 36.7 Å². The lowest BCUT2D eigenvalue weighted by atomic mass is 9.83. The zero-order valence-electron chi connectivity index (χ0n) is 11.9. The molecule has 0 saturated carbocycles. The molecule has 108 valence electrons. The summed E-state index contributed by atoms with van der Waals surface area (Å²) < 4.78 is 0. The SMILES string of the molecule is CCCc1cc(N2CCC3C=CC=CC3C2)ncn1.Cl. The number of rotatable bonds is 3. The Balaban J connectivity index is 0.00000147. The number of piperidine rings is 1. The van der Waals surface area contributed by atoms with Gasteiger partial charge >= 0.3 is 0 Å². The Morgan fingerprint density at radius 2 is 2.00 bits per heavy atom. The monoisotopic (exact) mass is 291 g/mol. The molecular formula is C16H22ClN3. The number of hydrogen-bond acceptors (Lipinski definition) is 3. The molecule has 4 heteroatoms. The van der Waals surface area contributed by atoms with Crippen LogP contribution in [0.25, 0.3) is 0 Å². The Hall–Kier alpha value is -1.35. The van der Waals surface area contributed by atoms with Gasteiger partial charge in [-0.25, -0.2) is 9.97 Å². The number of fused-ring (bicyclic) bond motifs is 1. The number of aryl methyl sites for hydroxylation is 1. The lowest BCUT2D eigenvalue weighted by molar-refractivity contribution is 0.386. The Labute approximate surface area is 127 Å². The van der Waals surface area contributed by atoms with Crippen LogP contribution in [-0.4, -0.2) is 23.1 Å². The van der Waals surface area contributed by atoms with Gasteiger partial charge in [0.25, 0.3) is 0 Å². The Morgan fingerprint density at radius 1 is 1.20 bits per heavy atom. The third kappa shape index (κ3) is 3.21. The van der Waals surface area contributed by atoms with Gasteiger partial charge in [-0.2, -0.15) is 0 Å². The maximum atomic E-state index is 4.46. The number of halogens is 1. The van der Waals surface area contributed by atoms with E-state index in [1.807, 2.05) is 0 Å². The minimum Gasteiger partial charge on any atom is -0.356 e. The molecule has 1 saturated heterocycles. The molecule has 0 bridgehead atoms. The van der Waals surface area contributed by atoms with Gasteiger partial charge in [0.2, 0.25) is 0 Å². The average molecular weight is 292 g/mol. The van der Waals surface area contributed by atoms with Crippen molar-refractivity contribution in [3.8, 4) is 0 Å². The zero-order valence-corrected chi connectivity index (χ0v) is 12.7. The zero-order chi connectivity index (χ0) is 13.1. The molecule has 1 aromatic heterocycles. The molecule has 20 heavy (non-hydrogen) atoms. The van der Waals surface area contributed by atoms with E-state index in [0.717, 1.165) is 43.4 Å². The van der Waals surface area contributed by atoms with E-state index in [0.29, 0.717) is 5.92 Å². The number of nitrogens with zero attached hydrogens (tertiary/aromatic N) is 3. The van der Waals surface area contributed by atoms with Crippen molar-refractivity contribution in [2.24, 2.45) is 11.8 Å². The maximum Gasteiger partial charge on any atom is 0.132 e. The quantitative estimate of drug-likeness (QED) is 0.854. The first-order valence-corrected chi connectivity index (χ1v) is 7.27. The predicted octanol–water partition coefficient (Wildman–Crippen LogP) is 3.42. The molecule has 0 aromatic carbocycles. The number of hydrogen-bond donors (Lipinski definition) is 0. The van der Waals surface area contributed by atoms with Gasteiger partial charge in [0.15, 0.2) is 0 Å². The molecule has 2 unspecified atom stereocenters. The predicted molar refractivity (Wildman–Crippen MR) is 85.4 cm³/mol. The van der Waals surface area contributed by atoms with Crippen molar-refractivity contribution in [3.63, 3.8) is 0 Å². The molecule has 3 nitrogen and oxygen atoms in total. The summed E-state index contributed by atoms with van der Waals surface area (Å²) >= 11 is 0. The number of aromatic nitrogens is 2. The fourth-order valence-corrected chi connectivity index (χ4v) is 3.02. The van der Waals surface area contributed by atoms with Crippen molar-refractivity contribution < 1.29 is 0 Å². The average Bonchev–Trinajstić information content (AvgIpc) is 2.47. The standard InChI is InChI=1S/C16H21N3.ClH/c1-2-5-15-10-16(18-12-17-15)19-9-8-13-6-3-4-7-14(13)11-19;/h3-4,6-7,10,12-14H,2,5,8-9,11H2,1H3;1H. The molecule has 1 aliphatic heterocycles. The lowest BCUT2D eigenvalue weighted by Gasteiger charge is -2.37. The minimum atomic E-state index is 0. The van der Waals surface area contributed by atoms with E-state index < -0.39 is 0 Å². The molecule has 0 radical (unpaired) electrons. The van der Waals surface area contributed by atoms with Crippen molar-refractivity contribution >= 4 is 18.2 Å².